The molecular weight excluding hydrogens is 277 g/mol. The Morgan fingerprint density at radius 1 is 1.30 bits per heavy atom. The molecule has 1 aromatic carbocycles. The van der Waals surface area contributed by atoms with E-state index in [-0.39, 0.29) is 5.82 Å². The van der Waals surface area contributed by atoms with Crippen LogP contribution in [0.1, 0.15) is 18.3 Å². The van der Waals surface area contributed by atoms with Gasteiger partial charge in [0.15, 0.2) is 0 Å². The molecule has 20 heavy (non-hydrogen) atoms. The molecule has 0 saturated heterocycles. The first-order valence-electron chi connectivity index (χ1n) is 6.54. The second-order valence-corrected chi connectivity index (χ2v) is 5.21. The van der Waals surface area contributed by atoms with Crippen molar-refractivity contribution >= 4 is 22.5 Å². The van der Waals surface area contributed by atoms with Crippen molar-refractivity contribution in [1.29, 1.82) is 0 Å². The minimum absolute atomic E-state index is 0.234. The highest BCUT2D eigenvalue weighted by atomic mass is 35.5. The SMILES string of the molecule is CCc1nn(C)c(Cn2ccc3ccc(F)cc32)c1Cl. The molecule has 0 bridgehead atoms. The summed E-state index contributed by atoms with van der Waals surface area (Å²) in [6.07, 6.45) is 2.74. The summed E-state index contributed by atoms with van der Waals surface area (Å²) < 4.78 is 17.2. The zero-order valence-electron chi connectivity index (χ0n) is 11.4. The van der Waals surface area contributed by atoms with Crippen molar-refractivity contribution in [1.82, 2.24) is 14.3 Å². The molecule has 3 nitrogen and oxygen atoms in total. The Morgan fingerprint density at radius 2 is 2.10 bits per heavy atom. The number of fused-ring (bicyclic) bond motifs is 1. The van der Waals surface area contributed by atoms with Crippen LogP contribution in [0, 0.1) is 5.82 Å². The van der Waals surface area contributed by atoms with E-state index in [0.717, 1.165) is 28.7 Å². The van der Waals surface area contributed by atoms with Crippen molar-refractivity contribution < 1.29 is 4.39 Å². The lowest BCUT2D eigenvalue weighted by Gasteiger charge is -2.07. The van der Waals surface area contributed by atoms with Gasteiger partial charge < -0.3 is 4.57 Å². The Kier molecular flexibility index (Phi) is 3.26. The van der Waals surface area contributed by atoms with Crippen LogP contribution in [0.4, 0.5) is 4.39 Å². The molecule has 104 valence electrons. The van der Waals surface area contributed by atoms with Gasteiger partial charge in [0.2, 0.25) is 0 Å². The van der Waals surface area contributed by atoms with Crippen LogP contribution < -0.4 is 0 Å². The molecule has 0 aliphatic carbocycles. The fourth-order valence-corrected chi connectivity index (χ4v) is 2.80. The number of halogens is 2. The summed E-state index contributed by atoms with van der Waals surface area (Å²) in [4.78, 5) is 0. The monoisotopic (exact) mass is 291 g/mol. The molecule has 0 amide bonds. The molecule has 0 N–H and O–H groups in total. The maximum Gasteiger partial charge on any atom is 0.125 e. The Bertz CT molecular complexity index is 773. The van der Waals surface area contributed by atoms with E-state index in [1.165, 1.54) is 6.07 Å². The number of aryl methyl sites for hydroxylation is 2. The third-order valence-electron chi connectivity index (χ3n) is 3.56. The molecule has 2 aromatic heterocycles. The first kappa shape index (κ1) is 13.2. The normalized spacial score (nSPS) is 11.4. The number of benzene rings is 1. The maximum atomic E-state index is 13.4. The van der Waals surface area contributed by atoms with Crippen molar-refractivity contribution in [2.24, 2.45) is 7.05 Å². The lowest BCUT2D eigenvalue weighted by Crippen LogP contribution is -2.05. The van der Waals surface area contributed by atoms with Crippen molar-refractivity contribution in [2.45, 2.75) is 19.9 Å². The van der Waals surface area contributed by atoms with E-state index in [1.54, 1.807) is 16.8 Å². The molecule has 0 unspecified atom stereocenters. The molecule has 0 spiro atoms. The molecule has 2 heterocycles. The predicted octanol–water partition coefficient (Wildman–Crippen LogP) is 3.78. The molecule has 0 aliphatic heterocycles. The number of rotatable bonds is 3. The Balaban J connectivity index is 2.05. The summed E-state index contributed by atoms with van der Waals surface area (Å²) in [7, 11) is 1.88. The molecule has 0 fully saturated rings. The van der Waals surface area contributed by atoms with Crippen LogP contribution in [0.15, 0.2) is 30.5 Å². The second-order valence-electron chi connectivity index (χ2n) is 4.83. The van der Waals surface area contributed by atoms with Gasteiger partial charge in [-0.25, -0.2) is 4.39 Å². The zero-order valence-corrected chi connectivity index (χ0v) is 12.2. The predicted molar refractivity (Wildman–Crippen MR) is 78.6 cm³/mol. The summed E-state index contributed by atoms with van der Waals surface area (Å²) in [5.74, 6) is -0.234. The van der Waals surface area contributed by atoms with Crippen molar-refractivity contribution in [3.05, 3.63) is 52.7 Å². The van der Waals surface area contributed by atoms with E-state index >= 15 is 0 Å². The average molecular weight is 292 g/mol. The fourth-order valence-electron chi connectivity index (χ4n) is 2.45. The Morgan fingerprint density at radius 3 is 2.80 bits per heavy atom. The van der Waals surface area contributed by atoms with Crippen LogP contribution in [0.25, 0.3) is 10.9 Å². The number of hydrogen-bond donors (Lipinski definition) is 0. The topological polar surface area (TPSA) is 22.8 Å². The highest BCUT2D eigenvalue weighted by molar-refractivity contribution is 6.31. The van der Waals surface area contributed by atoms with Crippen LogP contribution in [-0.2, 0) is 20.0 Å². The van der Waals surface area contributed by atoms with Crippen molar-refractivity contribution in [3.63, 3.8) is 0 Å². The van der Waals surface area contributed by atoms with Crippen LogP contribution >= 0.6 is 11.6 Å². The summed E-state index contributed by atoms with van der Waals surface area (Å²) in [5, 5.41) is 6.12. The first-order chi connectivity index (χ1) is 9.60. The Hall–Kier alpha value is -1.81. The summed E-state index contributed by atoms with van der Waals surface area (Å²) in [6, 6.07) is 6.77. The lowest BCUT2D eigenvalue weighted by molar-refractivity contribution is 0.627. The number of hydrogen-bond acceptors (Lipinski definition) is 1. The van der Waals surface area contributed by atoms with Gasteiger partial charge in [0, 0.05) is 13.2 Å². The first-order valence-corrected chi connectivity index (χ1v) is 6.92. The maximum absolute atomic E-state index is 13.4. The molecule has 0 atom stereocenters. The molecule has 3 rings (SSSR count). The van der Waals surface area contributed by atoms with Crippen LogP contribution in [-0.4, -0.2) is 14.3 Å². The quantitative estimate of drug-likeness (QED) is 0.720. The lowest BCUT2D eigenvalue weighted by atomic mass is 10.2. The van der Waals surface area contributed by atoms with Gasteiger partial charge in [0.05, 0.1) is 28.5 Å². The summed E-state index contributed by atoms with van der Waals surface area (Å²) in [5.41, 5.74) is 2.69. The van der Waals surface area contributed by atoms with Gasteiger partial charge >= 0.3 is 0 Å². The van der Waals surface area contributed by atoms with Crippen LogP contribution in [0.3, 0.4) is 0 Å². The van der Waals surface area contributed by atoms with Gasteiger partial charge in [-0.2, -0.15) is 5.10 Å². The van der Waals surface area contributed by atoms with Gasteiger partial charge in [-0.3, -0.25) is 4.68 Å². The molecule has 5 heteroatoms. The van der Waals surface area contributed by atoms with Crippen molar-refractivity contribution in [2.75, 3.05) is 0 Å². The van der Waals surface area contributed by atoms with Gasteiger partial charge in [-0.15, -0.1) is 0 Å². The van der Waals surface area contributed by atoms with E-state index in [1.807, 2.05) is 30.8 Å². The van der Waals surface area contributed by atoms with Gasteiger partial charge in [-0.05, 0) is 36.1 Å². The molecule has 0 radical (unpaired) electrons. The van der Waals surface area contributed by atoms with E-state index in [9.17, 15) is 4.39 Å². The number of aromatic nitrogens is 3. The Labute approximate surface area is 121 Å². The average Bonchev–Trinajstić information content (AvgIpc) is 2.94. The largest absolute Gasteiger partial charge is 0.341 e. The van der Waals surface area contributed by atoms with E-state index < -0.39 is 0 Å². The van der Waals surface area contributed by atoms with Gasteiger partial charge in [0.1, 0.15) is 5.82 Å². The third-order valence-corrected chi connectivity index (χ3v) is 4.00. The molecule has 0 aliphatic rings. The fraction of sp³-hybridized carbons (Fsp3) is 0.267. The van der Waals surface area contributed by atoms with Gasteiger partial charge in [0.25, 0.3) is 0 Å². The second kappa shape index (κ2) is 4.94. The highest BCUT2D eigenvalue weighted by Gasteiger charge is 2.14. The zero-order chi connectivity index (χ0) is 14.3. The molecule has 0 saturated carbocycles. The smallest absolute Gasteiger partial charge is 0.125 e. The van der Waals surface area contributed by atoms with Crippen LogP contribution in [0.5, 0.6) is 0 Å². The van der Waals surface area contributed by atoms with Crippen molar-refractivity contribution in [3.8, 4) is 0 Å². The standard InChI is InChI=1S/C15H15ClFN3/c1-3-12-15(16)14(19(2)18-12)9-20-7-6-10-4-5-11(17)8-13(10)20/h4-8H,3,9H2,1-2H3. The summed E-state index contributed by atoms with van der Waals surface area (Å²) in [6.45, 7) is 2.60. The van der Waals surface area contributed by atoms with Crippen LogP contribution in [0.2, 0.25) is 5.02 Å². The molecule has 3 aromatic rings. The van der Waals surface area contributed by atoms with Gasteiger partial charge in [-0.1, -0.05) is 18.5 Å². The van der Waals surface area contributed by atoms with E-state index in [2.05, 4.69) is 5.10 Å². The minimum atomic E-state index is -0.234. The summed E-state index contributed by atoms with van der Waals surface area (Å²) >= 11 is 6.36. The molecular formula is C15H15ClFN3. The van der Waals surface area contributed by atoms with E-state index in [4.69, 9.17) is 11.6 Å². The minimum Gasteiger partial charge on any atom is -0.341 e. The third kappa shape index (κ3) is 2.10. The van der Waals surface area contributed by atoms with E-state index in [0.29, 0.717) is 11.6 Å². The number of nitrogens with zero attached hydrogens (tertiary/aromatic N) is 3. The highest BCUT2D eigenvalue weighted by Crippen LogP contribution is 2.24.